The van der Waals surface area contributed by atoms with Crippen LogP contribution in [-0.4, -0.2) is 25.2 Å². The fourth-order valence-corrected chi connectivity index (χ4v) is 2.63. The van der Waals surface area contributed by atoms with Gasteiger partial charge >= 0.3 is 0 Å². The fourth-order valence-electron chi connectivity index (χ4n) is 2.63. The summed E-state index contributed by atoms with van der Waals surface area (Å²) in [6, 6.07) is 0. The summed E-state index contributed by atoms with van der Waals surface area (Å²) in [5, 5.41) is 7.20. The second-order valence-corrected chi connectivity index (χ2v) is 6.36. The van der Waals surface area contributed by atoms with Crippen molar-refractivity contribution in [3.05, 3.63) is 0 Å². The van der Waals surface area contributed by atoms with Gasteiger partial charge in [0.05, 0.1) is 0 Å². The van der Waals surface area contributed by atoms with E-state index in [1.165, 1.54) is 58.0 Å². The number of hydrogen-bond acceptors (Lipinski definition) is 2. The Hall–Kier alpha value is -0.0800. The van der Waals surface area contributed by atoms with Gasteiger partial charge in [-0.1, -0.05) is 39.5 Å². The highest BCUT2D eigenvalue weighted by molar-refractivity contribution is 4.90. The SMILES string of the molecule is CC(C)CCCCCCNCC1(C)CCCN1. The molecule has 1 aliphatic rings. The maximum absolute atomic E-state index is 3.61. The van der Waals surface area contributed by atoms with Crippen molar-refractivity contribution in [3.8, 4) is 0 Å². The molecule has 0 aromatic heterocycles. The van der Waals surface area contributed by atoms with Gasteiger partial charge in [-0.2, -0.15) is 0 Å². The lowest BCUT2D eigenvalue weighted by atomic mass is 10.0. The first-order chi connectivity index (χ1) is 8.12. The molecular weight excluding hydrogens is 208 g/mol. The Morgan fingerprint density at radius 1 is 1.18 bits per heavy atom. The van der Waals surface area contributed by atoms with Gasteiger partial charge < -0.3 is 10.6 Å². The fraction of sp³-hybridized carbons (Fsp3) is 1.00. The number of hydrogen-bond donors (Lipinski definition) is 2. The largest absolute Gasteiger partial charge is 0.315 e. The molecule has 1 heterocycles. The highest BCUT2D eigenvalue weighted by Gasteiger charge is 2.26. The first-order valence-corrected chi connectivity index (χ1v) is 7.58. The monoisotopic (exact) mass is 240 g/mol. The molecule has 0 aromatic carbocycles. The average Bonchev–Trinajstić information content (AvgIpc) is 2.69. The van der Waals surface area contributed by atoms with Crippen molar-refractivity contribution in [1.82, 2.24) is 10.6 Å². The number of rotatable bonds is 9. The van der Waals surface area contributed by atoms with Crippen LogP contribution in [0.4, 0.5) is 0 Å². The molecule has 0 bridgehead atoms. The van der Waals surface area contributed by atoms with E-state index < -0.39 is 0 Å². The summed E-state index contributed by atoms with van der Waals surface area (Å²) >= 11 is 0. The summed E-state index contributed by atoms with van der Waals surface area (Å²) in [6.07, 6.45) is 9.63. The molecule has 2 N–H and O–H groups in total. The zero-order valence-electron chi connectivity index (χ0n) is 12.1. The standard InChI is InChI=1S/C15H32N2/c1-14(2)9-6-4-5-7-11-16-13-15(3)10-8-12-17-15/h14,16-17H,4-13H2,1-3H3. The van der Waals surface area contributed by atoms with Crippen LogP contribution in [0.5, 0.6) is 0 Å². The zero-order chi connectivity index (χ0) is 12.6. The van der Waals surface area contributed by atoms with E-state index in [1.54, 1.807) is 0 Å². The molecule has 1 fully saturated rings. The van der Waals surface area contributed by atoms with E-state index in [2.05, 4.69) is 31.4 Å². The lowest BCUT2D eigenvalue weighted by Gasteiger charge is -2.24. The number of nitrogens with one attached hydrogen (secondary N) is 2. The van der Waals surface area contributed by atoms with Gasteiger partial charge in [0.2, 0.25) is 0 Å². The molecule has 0 spiro atoms. The first kappa shape index (κ1) is 15.0. The molecule has 0 saturated carbocycles. The van der Waals surface area contributed by atoms with Crippen LogP contribution < -0.4 is 10.6 Å². The third kappa shape index (κ3) is 7.05. The predicted molar refractivity (Wildman–Crippen MR) is 76.4 cm³/mol. The Morgan fingerprint density at radius 3 is 2.59 bits per heavy atom. The Kier molecular flexibility index (Phi) is 7.14. The van der Waals surface area contributed by atoms with Crippen LogP contribution in [0.25, 0.3) is 0 Å². The minimum atomic E-state index is 0.373. The highest BCUT2D eigenvalue weighted by atomic mass is 15.0. The quantitative estimate of drug-likeness (QED) is 0.604. The van der Waals surface area contributed by atoms with Crippen molar-refractivity contribution >= 4 is 0 Å². The van der Waals surface area contributed by atoms with Crippen molar-refractivity contribution in [2.24, 2.45) is 5.92 Å². The van der Waals surface area contributed by atoms with Gasteiger partial charge in [-0.3, -0.25) is 0 Å². The maximum atomic E-state index is 3.61. The second kappa shape index (κ2) is 8.10. The molecular formula is C15H32N2. The third-order valence-corrected chi connectivity index (χ3v) is 3.86. The van der Waals surface area contributed by atoms with Gasteiger partial charge in [-0.05, 0) is 45.2 Å². The summed E-state index contributed by atoms with van der Waals surface area (Å²) in [6.45, 7) is 10.5. The van der Waals surface area contributed by atoms with Crippen LogP contribution in [0.3, 0.4) is 0 Å². The van der Waals surface area contributed by atoms with E-state index in [4.69, 9.17) is 0 Å². The van der Waals surface area contributed by atoms with E-state index in [-0.39, 0.29) is 0 Å². The summed E-state index contributed by atoms with van der Waals surface area (Å²) in [5.41, 5.74) is 0.373. The van der Waals surface area contributed by atoms with Gasteiger partial charge in [0, 0.05) is 12.1 Å². The van der Waals surface area contributed by atoms with Crippen molar-refractivity contribution in [2.45, 2.75) is 71.3 Å². The molecule has 0 radical (unpaired) electrons. The topological polar surface area (TPSA) is 24.1 Å². The Labute approximate surface area is 108 Å². The molecule has 0 aromatic rings. The highest BCUT2D eigenvalue weighted by Crippen LogP contribution is 2.17. The van der Waals surface area contributed by atoms with Crippen molar-refractivity contribution in [3.63, 3.8) is 0 Å². The maximum Gasteiger partial charge on any atom is 0.0278 e. The van der Waals surface area contributed by atoms with Crippen molar-refractivity contribution in [1.29, 1.82) is 0 Å². The predicted octanol–water partition coefficient (Wildman–Crippen LogP) is 3.32. The minimum absolute atomic E-state index is 0.373. The van der Waals surface area contributed by atoms with Gasteiger partial charge in [-0.15, -0.1) is 0 Å². The molecule has 0 aliphatic carbocycles. The molecule has 1 rings (SSSR count). The van der Waals surface area contributed by atoms with Gasteiger partial charge in [-0.25, -0.2) is 0 Å². The molecule has 17 heavy (non-hydrogen) atoms. The van der Waals surface area contributed by atoms with Gasteiger partial charge in [0.15, 0.2) is 0 Å². The Bertz CT molecular complexity index is 183. The zero-order valence-corrected chi connectivity index (χ0v) is 12.1. The first-order valence-electron chi connectivity index (χ1n) is 7.58. The molecule has 2 nitrogen and oxygen atoms in total. The lowest BCUT2D eigenvalue weighted by Crippen LogP contribution is -2.45. The molecule has 102 valence electrons. The van der Waals surface area contributed by atoms with Gasteiger partial charge in [0.25, 0.3) is 0 Å². The molecule has 0 amide bonds. The van der Waals surface area contributed by atoms with Crippen LogP contribution >= 0.6 is 0 Å². The summed E-state index contributed by atoms with van der Waals surface area (Å²) in [4.78, 5) is 0. The molecule has 2 heteroatoms. The summed E-state index contributed by atoms with van der Waals surface area (Å²) < 4.78 is 0. The third-order valence-electron chi connectivity index (χ3n) is 3.86. The summed E-state index contributed by atoms with van der Waals surface area (Å²) in [5.74, 6) is 0.876. The normalized spacial score (nSPS) is 24.7. The van der Waals surface area contributed by atoms with Crippen molar-refractivity contribution in [2.75, 3.05) is 19.6 Å². The molecule has 1 saturated heterocycles. The van der Waals surface area contributed by atoms with E-state index in [1.807, 2.05) is 0 Å². The lowest BCUT2D eigenvalue weighted by molar-refractivity contribution is 0.382. The van der Waals surface area contributed by atoms with E-state index in [0.717, 1.165) is 12.5 Å². The average molecular weight is 240 g/mol. The van der Waals surface area contributed by atoms with Crippen LogP contribution in [0, 0.1) is 5.92 Å². The second-order valence-electron chi connectivity index (χ2n) is 6.36. The Balaban J connectivity index is 1.84. The minimum Gasteiger partial charge on any atom is -0.315 e. The van der Waals surface area contributed by atoms with Crippen LogP contribution in [0.1, 0.15) is 65.7 Å². The van der Waals surface area contributed by atoms with Crippen LogP contribution in [0.2, 0.25) is 0 Å². The summed E-state index contributed by atoms with van der Waals surface area (Å²) in [7, 11) is 0. The van der Waals surface area contributed by atoms with E-state index in [0.29, 0.717) is 5.54 Å². The molecule has 1 aliphatic heterocycles. The van der Waals surface area contributed by atoms with Gasteiger partial charge in [0.1, 0.15) is 0 Å². The van der Waals surface area contributed by atoms with Crippen LogP contribution in [0.15, 0.2) is 0 Å². The molecule has 1 unspecified atom stereocenters. The van der Waals surface area contributed by atoms with Crippen LogP contribution in [-0.2, 0) is 0 Å². The van der Waals surface area contributed by atoms with E-state index in [9.17, 15) is 0 Å². The van der Waals surface area contributed by atoms with Crippen molar-refractivity contribution < 1.29 is 0 Å². The number of unbranched alkanes of at least 4 members (excludes halogenated alkanes) is 3. The Morgan fingerprint density at radius 2 is 1.94 bits per heavy atom. The smallest absolute Gasteiger partial charge is 0.0278 e. The molecule has 1 atom stereocenters. The van der Waals surface area contributed by atoms with E-state index >= 15 is 0 Å².